The highest BCUT2D eigenvalue weighted by molar-refractivity contribution is 7.13. The summed E-state index contributed by atoms with van der Waals surface area (Å²) in [4.78, 5) is 22.7. The number of piperidine rings is 1. The van der Waals surface area contributed by atoms with E-state index in [1.54, 1.807) is 11.3 Å². The van der Waals surface area contributed by atoms with Crippen molar-refractivity contribution in [3.05, 3.63) is 59.3 Å². The first-order chi connectivity index (χ1) is 14.2. The first-order valence-electron chi connectivity index (χ1n) is 10.2. The Morgan fingerprint density at radius 3 is 2.69 bits per heavy atom. The zero-order valence-corrected chi connectivity index (χ0v) is 17.5. The Morgan fingerprint density at radius 1 is 1.21 bits per heavy atom. The topological polar surface area (TPSA) is 62.5 Å². The molecule has 6 nitrogen and oxygen atoms in total. The lowest BCUT2D eigenvalue weighted by Crippen LogP contribution is -2.46. The van der Waals surface area contributed by atoms with E-state index in [4.69, 9.17) is 4.52 Å². The largest absolute Gasteiger partial charge is 0.339 e. The number of amides is 1. The van der Waals surface area contributed by atoms with Crippen molar-refractivity contribution in [1.29, 1.82) is 0 Å². The van der Waals surface area contributed by atoms with E-state index in [0.717, 1.165) is 49.3 Å². The third-order valence-corrected chi connectivity index (χ3v) is 6.21. The minimum Gasteiger partial charge on any atom is -0.339 e. The molecule has 1 saturated heterocycles. The maximum Gasteiger partial charge on any atom is 0.253 e. The molecule has 1 aliphatic heterocycles. The number of rotatable bonds is 7. The van der Waals surface area contributed by atoms with Crippen molar-refractivity contribution in [2.75, 3.05) is 19.6 Å². The van der Waals surface area contributed by atoms with Gasteiger partial charge in [0.05, 0.1) is 11.4 Å². The van der Waals surface area contributed by atoms with Crippen LogP contribution in [-0.2, 0) is 6.54 Å². The molecule has 1 amide bonds. The van der Waals surface area contributed by atoms with Gasteiger partial charge in [0.15, 0.2) is 0 Å². The molecule has 1 fully saturated rings. The summed E-state index contributed by atoms with van der Waals surface area (Å²) in [5.74, 6) is 1.45. The Bertz CT molecular complexity index is 902. The fourth-order valence-electron chi connectivity index (χ4n) is 3.87. The maximum atomic E-state index is 12.7. The van der Waals surface area contributed by atoms with Gasteiger partial charge in [-0.3, -0.25) is 9.69 Å². The van der Waals surface area contributed by atoms with Crippen molar-refractivity contribution in [3.8, 4) is 10.7 Å². The number of carbonyl (C=O) groups excluding carboxylic acids is 1. The normalized spacial score (nSPS) is 15.2. The zero-order valence-electron chi connectivity index (χ0n) is 16.7. The molecule has 3 heterocycles. The molecule has 0 unspecified atom stereocenters. The van der Waals surface area contributed by atoms with Crippen molar-refractivity contribution >= 4 is 17.2 Å². The van der Waals surface area contributed by atoms with Crippen LogP contribution >= 0.6 is 11.3 Å². The predicted molar refractivity (Wildman–Crippen MR) is 114 cm³/mol. The number of aromatic nitrogens is 2. The highest BCUT2D eigenvalue weighted by atomic mass is 32.1. The lowest BCUT2D eigenvalue weighted by atomic mass is 10.0. The van der Waals surface area contributed by atoms with Crippen LogP contribution in [0.25, 0.3) is 10.7 Å². The van der Waals surface area contributed by atoms with E-state index in [1.165, 1.54) is 0 Å². The molecule has 4 rings (SSSR count). The van der Waals surface area contributed by atoms with Gasteiger partial charge in [0.2, 0.25) is 11.7 Å². The summed E-state index contributed by atoms with van der Waals surface area (Å²) in [7, 11) is 0. The highest BCUT2D eigenvalue weighted by Gasteiger charge is 2.28. The molecule has 7 heteroatoms. The van der Waals surface area contributed by atoms with Crippen LogP contribution in [0.4, 0.5) is 0 Å². The van der Waals surface area contributed by atoms with Crippen LogP contribution < -0.4 is 0 Å². The molecule has 0 atom stereocenters. The first kappa shape index (κ1) is 19.8. The van der Waals surface area contributed by atoms with Gasteiger partial charge >= 0.3 is 0 Å². The van der Waals surface area contributed by atoms with Crippen molar-refractivity contribution in [1.82, 2.24) is 19.9 Å². The Kier molecular flexibility index (Phi) is 6.36. The van der Waals surface area contributed by atoms with E-state index < -0.39 is 0 Å². The summed E-state index contributed by atoms with van der Waals surface area (Å²) in [5.41, 5.74) is 0.767. The smallest absolute Gasteiger partial charge is 0.253 e. The van der Waals surface area contributed by atoms with Gasteiger partial charge in [-0.05, 0) is 49.4 Å². The van der Waals surface area contributed by atoms with Crippen LogP contribution in [0.1, 0.15) is 42.4 Å². The average molecular weight is 411 g/mol. The van der Waals surface area contributed by atoms with Crippen LogP contribution in [0.2, 0.25) is 0 Å². The van der Waals surface area contributed by atoms with E-state index >= 15 is 0 Å². The summed E-state index contributed by atoms with van der Waals surface area (Å²) in [6.45, 7) is 5.38. The monoisotopic (exact) mass is 410 g/mol. The second-order valence-corrected chi connectivity index (χ2v) is 8.30. The van der Waals surface area contributed by atoms with E-state index in [2.05, 4.69) is 22.0 Å². The van der Waals surface area contributed by atoms with E-state index in [9.17, 15) is 4.79 Å². The molecule has 0 bridgehead atoms. The second kappa shape index (κ2) is 9.33. The third-order valence-electron chi connectivity index (χ3n) is 5.35. The number of benzene rings is 1. The number of hydrogen-bond acceptors (Lipinski definition) is 6. The van der Waals surface area contributed by atoms with Crippen LogP contribution in [0.3, 0.4) is 0 Å². The molecule has 0 radical (unpaired) electrons. The van der Waals surface area contributed by atoms with Gasteiger partial charge in [-0.15, -0.1) is 11.3 Å². The van der Waals surface area contributed by atoms with Gasteiger partial charge in [0, 0.05) is 24.7 Å². The van der Waals surface area contributed by atoms with Gasteiger partial charge in [0.25, 0.3) is 5.91 Å². The summed E-state index contributed by atoms with van der Waals surface area (Å²) in [6, 6.07) is 14.0. The molecule has 0 spiro atoms. The summed E-state index contributed by atoms with van der Waals surface area (Å²) in [5, 5.41) is 6.14. The van der Waals surface area contributed by atoms with Crippen LogP contribution in [0.5, 0.6) is 0 Å². The molecule has 152 valence electrons. The summed E-state index contributed by atoms with van der Waals surface area (Å²) in [6.07, 6.45) is 2.99. The lowest BCUT2D eigenvalue weighted by molar-refractivity contribution is 0.0590. The van der Waals surface area contributed by atoms with Gasteiger partial charge in [-0.1, -0.05) is 36.3 Å². The molecule has 0 aliphatic carbocycles. The van der Waals surface area contributed by atoms with Gasteiger partial charge in [-0.2, -0.15) is 4.98 Å². The molecule has 0 N–H and O–H groups in total. The van der Waals surface area contributed by atoms with Crippen molar-refractivity contribution in [3.63, 3.8) is 0 Å². The number of likely N-dealkylation sites (tertiary alicyclic amines) is 1. The third kappa shape index (κ3) is 4.74. The van der Waals surface area contributed by atoms with Crippen LogP contribution in [-0.4, -0.2) is 51.5 Å². The second-order valence-electron chi connectivity index (χ2n) is 7.35. The minimum atomic E-state index is 0.128. The number of carbonyl (C=O) groups is 1. The molecular weight excluding hydrogens is 384 g/mol. The molecular formula is C22H26N4O2S. The van der Waals surface area contributed by atoms with Crippen LogP contribution in [0, 0.1) is 0 Å². The Hall–Kier alpha value is -2.51. The van der Waals surface area contributed by atoms with Gasteiger partial charge in [0.1, 0.15) is 0 Å². The fourth-order valence-corrected chi connectivity index (χ4v) is 4.52. The van der Waals surface area contributed by atoms with Gasteiger partial charge in [-0.25, -0.2) is 0 Å². The Morgan fingerprint density at radius 2 is 2.00 bits per heavy atom. The van der Waals surface area contributed by atoms with Crippen LogP contribution in [0.15, 0.2) is 52.4 Å². The highest BCUT2D eigenvalue weighted by Crippen LogP contribution is 2.24. The molecule has 1 aliphatic rings. The van der Waals surface area contributed by atoms with Crippen molar-refractivity contribution in [2.24, 2.45) is 0 Å². The molecule has 3 aromatic rings. The number of hydrogen-bond donors (Lipinski definition) is 0. The van der Waals surface area contributed by atoms with Crippen molar-refractivity contribution < 1.29 is 9.32 Å². The molecule has 1 aromatic carbocycles. The SMILES string of the molecule is CCCN(Cc1nc(-c2cccs2)no1)C1CCN(C(=O)c2ccccc2)CC1. The molecule has 0 saturated carbocycles. The lowest BCUT2D eigenvalue weighted by Gasteiger charge is -2.38. The maximum absolute atomic E-state index is 12.7. The zero-order chi connectivity index (χ0) is 20.1. The Balaban J connectivity index is 1.37. The Labute approximate surface area is 175 Å². The minimum absolute atomic E-state index is 0.128. The average Bonchev–Trinajstić information content (AvgIpc) is 3.46. The quantitative estimate of drug-likeness (QED) is 0.581. The summed E-state index contributed by atoms with van der Waals surface area (Å²) < 4.78 is 5.51. The molecule has 2 aromatic heterocycles. The number of nitrogens with zero attached hydrogens (tertiary/aromatic N) is 4. The standard InChI is InChI=1S/C22H26N4O2S/c1-2-12-26(16-20-23-21(24-28-20)19-9-6-15-29-19)18-10-13-25(14-11-18)22(27)17-7-4-3-5-8-17/h3-9,15,18H,2,10-14,16H2,1H3. The number of thiophene rings is 1. The van der Waals surface area contributed by atoms with Crippen molar-refractivity contribution in [2.45, 2.75) is 38.8 Å². The fraction of sp³-hybridized carbons (Fsp3) is 0.409. The molecule has 29 heavy (non-hydrogen) atoms. The van der Waals surface area contributed by atoms with E-state index in [-0.39, 0.29) is 5.91 Å². The predicted octanol–water partition coefficient (Wildman–Crippen LogP) is 4.31. The van der Waals surface area contributed by atoms with E-state index in [1.807, 2.05) is 52.7 Å². The summed E-state index contributed by atoms with van der Waals surface area (Å²) >= 11 is 1.61. The van der Waals surface area contributed by atoms with Gasteiger partial charge < -0.3 is 9.42 Å². The first-order valence-corrected chi connectivity index (χ1v) is 11.1. The van der Waals surface area contributed by atoms with E-state index in [0.29, 0.717) is 24.3 Å².